The predicted molar refractivity (Wildman–Crippen MR) is 110 cm³/mol. The molecule has 5 nitrogen and oxygen atoms in total. The van der Waals surface area contributed by atoms with Gasteiger partial charge in [-0.25, -0.2) is 4.79 Å². The van der Waals surface area contributed by atoms with Gasteiger partial charge in [0.25, 0.3) is 5.91 Å². The second-order valence-electron chi connectivity index (χ2n) is 6.75. The highest BCUT2D eigenvalue weighted by molar-refractivity contribution is 8.00. The number of esters is 1. The molecule has 0 fully saturated rings. The van der Waals surface area contributed by atoms with Crippen molar-refractivity contribution in [3.05, 3.63) is 54.1 Å². The third kappa shape index (κ3) is 4.63. The van der Waals surface area contributed by atoms with Crippen LogP contribution in [0.2, 0.25) is 0 Å². The molecular formula is C21H24N2O3S. The van der Waals surface area contributed by atoms with E-state index in [2.05, 4.69) is 6.92 Å². The van der Waals surface area contributed by atoms with Gasteiger partial charge in [-0.2, -0.15) is 0 Å². The lowest BCUT2D eigenvalue weighted by Crippen LogP contribution is -2.35. The Morgan fingerprint density at radius 2 is 1.85 bits per heavy atom. The molecule has 0 saturated carbocycles. The number of amides is 1. The number of hydrogen-bond acceptors (Lipinski definition) is 5. The number of ether oxygens (including phenoxy) is 1. The van der Waals surface area contributed by atoms with E-state index in [1.807, 2.05) is 55.4 Å². The molecule has 0 aromatic heterocycles. The first-order valence-corrected chi connectivity index (χ1v) is 9.84. The maximum atomic E-state index is 12.7. The largest absolute Gasteiger partial charge is 0.452 e. The Kier molecular flexibility index (Phi) is 6.06. The summed E-state index contributed by atoms with van der Waals surface area (Å²) in [7, 11) is 3.87. The van der Waals surface area contributed by atoms with Crippen molar-refractivity contribution >= 4 is 35.0 Å². The highest BCUT2D eigenvalue weighted by atomic mass is 32.2. The number of para-hydroxylation sites is 1. The third-order valence-electron chi connectivity index (χ3n) is 4.49. The van der Waals surface area contributed by atoms with E-state index in [0.29, 0.717) is 17.4 Å². The van der Waals surface area contributed by atoms with Crippen molar-refractivity contribution in [2.75, 3.05) is 37.0 Å². The topological polar surface area (TPSA) is 49.9 Å². The SMILES string of the molecule is C[C@H]1CCN(C(=O)COC(=O)c2ccc(N(C)C)cc2)c2ccccc2S1. The zero-order valence-corrected chi connectivity index (χ0v) is 16.7. The molecule has 0 radical (unpaired) electrons. The zero-order valence-electron chi connectivity index (χ0n) is 15.8. The second-order valence-corrected chi connectivity index (χ2v) is 8.23. The van der Waals surface area contributed by atoms with Crippen LogP contribution < -0.4 is 9.80 Å². The van der Waals surface area contributed by atoms with Crippen molar-refractivity contribution in [3.63, 3.8) is 0 Å². The molecule has 2 aromatic rings. The highest BCUT2D eigenvalue weighted by Gasteiger charge is 2.25. The Hall–Kier alpha value is -2.47. The summed E-state index contributed by atoms with van der Waals surface area (Å²) < 4.78 is 5.28. The monoisotopic (exact) mass is 384 g/mol. The van der Waals surface area contributed by atoms with E-state index in [1.165, 1.54) is 0 Å². The normalized spacial score (nSPS) is 16.3. The number of rotatable bonds is 4. The lowest BCUT2D eigenvalue weighted by Gasteiger charge is -2.22. The van der Waals surface area contributed by atoms with Gasteiger partial charge < -0.3 is 14.5 Å². The van der Waals surface area contributed by atoms with Crippen LogP contribution in [0.15, 0.2) is 53.4 Å². The van der Waals surface area contributed by atoms with Gasteiger partial charge in [0.1, 0.15) is 0 Å². The minimum atomic E-state index is -0.487. The third-order valence-corrected chi connectivity index (χ3v) is 5.73. The Balaban J connectivity index is 1.66. The van der Waals surface area contributed by atoms with Gasteiger partial charge in [-0.3, -0.25) is 4.79 Å². The fourth-order valence-corrected chi connectivity index (χ4v) is 4.04. The van der Waals surface area contributed by atoms with Gasteiger partial charge in [0.15, 0.2) is 6.61 Å². The Labute approximate surface area is 164 Å². The van der Waals surface area contributed by atoms with Crippen molar-refractivity contribution in [3.8, 4) is 0 Å². The van der Waals surface area contributed by atoms with Crippen LogP contribution in [0.1, 0.15) is 23.7 Å². The molecule has 1 aliphatic rings. The first kappa shape index (κ1) is 19.3. The number of hydrogen-bond donors (Lipinski definition) is 0. The molecule has 0 spiro atoms. The van der Waals surface area contributed by atoms with Crippen LogP contribution in [-0.4, -0.2) is 44.4 Å². The summed E-state index contributed by atoms with van der Waals surface area (Å²) in [5.41, 5.74) is 2.33. The van der Waals surface area contributed by atoms with E-state index in [1.54, 1.807) is 28.8 Å². The standard InChI is InChI=1S/C21H24N2O3S/c1-15-12-13-23(18-6-4-5-7-19(18)27-15)20(24)14-26-21(25)16-8-10-17(11-9-16)22(2)3/h4-11,15H,12-14H2,1-3H3/t15-/m0/s1. The van der Waals surface area contributed by atoms with Crippen LogP contribution in [0.3, 0.4) is 0 Å². The first-order chi connectivity index (χ1) is 13.0. The minimum Gasteiger partial charge on any atom is -0.452 e. The summed E-state index contributed by atoms with van der Waals surface area (Å²) >= 11 is 1.77. The molecule has 0 aliphatic carbocycles. The summed E-state index contributed by atoms with van der Waals surface area (Å²) in [5.74, 6) is -0.685. The highest BCUT2D eigenvalue weighted by Crippen LogP contribution is 2.37. The molecule has 142 valence electrons. The smallest absolute Gasteiger partial charge is 0.338 e. The second kappa shape index (κ2) is 8.48. The van der Waals surface area contributed by atoms with Crippen LogP contribution >= 0.6 is 11.8 Å². The molecule has 1 heterocycles. The number of thioether (sulfide) groups is 1. The van der Waals surface area contributed by atoms with E-state index in [-0.39, 0.29) is 12.5 Å². The maximum Gasteiger partial charge on any atom is 0.338 e. The van der Waals surface area contributed by atoms with Crippen molar-refractivity contribution < 1.29 is 14.3 Å². The Bertz CT molecular complexity index is 820. The van der Waals surface area contributed by atoms with Crippen molar-refractivity contribution in [2.24, 2.45) is 0 Å². The molecular weight excluding hydrogens is 360 g/mol. The molecule has 0 N–H and O–H groups in total. The molecule has 0 bridgehead atoms. The van der Waals surface area contributed by atoms with Crippen LogP contribution in [0, 0.1) is 0 Å². The molecule has 27 heavy (non-hydrogen) atoms. The summed E-state index contributed by atoms with van der Waals surface area (Å²) in [5, 5.41) is 0.432. The number of fused-ring (bicyclic) bond motifs is 1. The molecule has 6 heteroatoms. The predicted octanol–water partition coefficient (Wildman–Crippen LogP) is 3.83. The van der Waals surface area contributed by atoms with Gasteiger partial charge in [0.05, 0.1) is 11.3 Å². The number of carbonyl (C=O) groups is 2. The fourth-order valence-electron chi connectivity index (χ4n) is 2.93. The van der Waals surface area contributed by atoms with Gasteiger partial charge in [0, 0.05) is 36.5 Å². The summed E-state index contributed by atoms with van der Waals surface area (Å²) in [4.78, 5) is 29.8. The first-order valence-electron chi connectivity index (χ1n) is 8.96. The van der Waals surface area contributed by atoms with E-state index in [0.717, 1.165) is 22.7 Å². The average Bonchev–Trinajstić information content (AvgIpc) is 2.84. The molecule has 2 aromatic carbocycles. The number of benzene rings is 2. The lowest BCUT2D eigenvalue weighted by atomic mass is 10.2. The van der Waals surface area contributed by atoms with E-state index in [9.17, 15) is 9.59 Å². The molecule has 3 rings (SSSR count). The molecule has 1 aliphatic heterocycles. The van der Waals surface area contributed by atoms with E-state index >= 15 is 0 Å². The maximum absolute atomic E-state index is 12.7. The zero-order chi connectivity index (χ0) is 19.4. The fraction of sp³-hybridized carbons (Fsp3) is 0.333. The van der Waals surface area contributed by atoms with E-state index < -0.39 is 5.97 Å². The number of anilines is 2. The lowest BCUT2D eigenvalue weighted by molar-refractivity contribution is -0.121. The molecule has 0 saturated heterocycles. The van der Waals surface area contributed by atoms with Crippen molar-refractivity contribution in [1.29, 1.82) is 0 Å². The van der Waals surface area contributed by atoms with Crippen molar-refractivity contribution in [1.82, 2.24) is 0 Å². The van der Waals surface area contributed by atoms with Crippen LogP contribution in [-0.2, 0) is 9.53 Å². The number of nitrogens with zero attached hydrogens (tertiary/aromatic N) is 2. The summed E-state index contributed by atoms with van der Waals surface area (Å²) in [6.45, 7) is 2.52. The quantitative estimate of drug-likeness (QED) is 0.750. The summed E-state index contributed by atoms with van der Waals surface area (Å²) in [6, 6.07) is 15.0. The molecule has 0 unspecified atom stereocenters. The number of carbonyl (C=O) groups excluding carboxylic acids is 2. The average molecular weight is 385 g/mol. The van der Waals surface area contributed by atoms with Crippen LogP contribution in [0.25, 0.3) is 0 Å². The molecule has 1 amide bonds. The van der Waals surface area contributed by atoms with Crippen LogP contribution in [0.5, 0.6) is 0 Å². The van der Waals surface area contributed by atoms with Gasteiger partial charge in [0.2, 0.25) is 0 Å². The Morgan fingerprint density at radius 3 is 2.56 bits per heavy atom. The van der Waals surface area contributed by atoms with Crippen molar-refractivity contribution in [2.45, 2.75) is 23.5 Å². The summed E-state index contributed by atoms with van der Waals surface area (Å²) in [6.07, 6.45) is 0.894. The van der Waals surface area contributed by atoms with Gasteiger partial charge >= 0.3 is 5.97 Å². The molecule has 1 atom stereocenters. The van der Waals surface area contributed by atoms with Gasteiger partial charge in [-0.15, -0.1) is 11.8 Å². The van der Waals surface area contributed by atoms with Gasteiger partial charge in [-0.05, 0) is 42.8 Å². The minimum absolute atomic E-state index is 0.199. The Morgan fingerprint density at radius 1 is 1.15 bits per heavy atom. The van der Waals surface area contributed by atoms with Gasteiger partial charge in [-0.1, -0.05) is 19.1 Å². The van der Waals surface area contributed by atoms with E-state index in [4.69, 9.17) is 4.74 Å². The van der Waals surface area contributed by atoms with Crippen LogP contribution in [0.4, 0.5) is 11.4 Å².